The van der Waals surface area contributed by atoms with Gasteiger partial charge in [-0.25, -0.2) is 0 Å². The minimum absolute atomic E-state index is 0.772. The summed E-state index contributed by atoms with van der Waals surface area (Å²) >= 11 is 7.35. The van der Waals surface area contributed by atoms with Gasteiger partial charge in [0.25, 0.3) is 0 Å². The van der Waals surface area contributed by atoms with E-state index < -0.39 is 0 Å². The molecule has 0 aliphatic heterocycles. The van der Waals surface area contributed by atoms with Crippen molar-refractivity contribution >= 4 is 22.9 Å². The van der Waals surface area contributed by atoms with Crippen LogP contribution in [-0.4, -0.2) is 0 Å². The molecule has 59 valence electrons. The van der Waals surface area contributed by atoms with E-state index in [2.05, 4.69) is 5.38 Å². The molecule has 2 heteroatoms. The molecule has 1 aromatic carbocycles. The average Bonchev–Trinajstić information content (AvgIpc) is 2.58. The van der Waals surface area contributed by atoms with Gasteiger partial charge in [0, 0.05) is 10.6 Å². The van der Waals surface area contributed by atoms with Crippen LogP contribution in [0.5, 0.6) is 0 Å². The molecule has 1 aromatic heterocycles. The smallest absolute Gasteiger partial charge is 0.0527 e. The second-order valence-corrected chi connectivity index (χ2v) is 3.59. The molecule has 0 saturated heterocycles. The molecule has 0 N–H and O–H groups in total. The van der Waals surface area contributed by atoms with Crippen LogP contribution in [0, 0.1) is 5.38 Å². The maximum atomic E-state index is 5.77. The molecule has 0 amide bonds. The maximum Gasteiger partial charge on any atom is 0.0527 e. The fourth-order valence-corrected chi connectivity index (χ4v) is 1.73. The van der Waals surface area contributed by atoms with Crippen LogP contribution in [0.3, 0.4) is 0 Å². The third-order valence-electron chi connectivity index (χ3n) is 1.63. The largest absolute Gasteiger partial charge is 0.142 e. The van der Waals surface area contributed by atoms with Crippen molar-refractivity contribution in [1.82, 2.24) is 0 Å². The Morgan fingerprint density at radius 1 is 1.08 bits per heavy atom. The Bertz CT molecular complexity index is 348. The summed E-state index contributed by atoms with van der Waals surface area (Å²) in [6.07, 6.45) is 0. The lowest BCUT2D eigenvalue weighted by molar-refractivity contribution is 1.67. The molecule has 0 fully saturated rings. The lowest BCUT2D eigenvalue weighted by Crippen LogP contribution is -1.71. The van der Waals surface area contributed by atoms with Crippen molar-refractivity contribution < 1.29 is 0 Å². The summed E-state index contributed by atoms with van der Waals surface area (Å²) in [4.78, 5) is 0. The van der Waals surface area contributed by atoms with E-state index in [-0.39, 0.29) is 0 Å². The van der Waals surface area contributed by atoms with Crippen LogP contribution in [-0.2, 0) is 0 Å². The predicted octanol–water partition coefficient (Wildman–Crippen LogP) is 3.87. The Hall–Kier alpha value is -0.790. The fourth-order valence-electron chi connectivity index (χ4n) is 1.02. The molecule has 0 atom stereocenters. The van der Waals surface area contributed by atoms with Crippen LogP contribution in [0.15, 0.2) is 35.7 Å². The molecular weight excluding hydrogens is 188 g/mol. The number of benzene rings is 1. The first-order valence-corrected chi connectivity index (χ1v) is 4.83. The van der Waals surface area contributed by atoms with Crippen molar-refractivity contribution in [3.63, 3.8) is 0 Å². The van der Waals surface area contributed by atoms with E-state index in [0.29, 0.717) is 0 Å². The summed E-state index contributed by atoms with van der Waals surface area (Å²) in [6.45, 7) is 0. The quantitative estimate of drug-likeness (QED) is 0.645. The van der Waals surface area contributed by atoms with Gasteiger partial charge in [0.1, 0.15) is 0 Å². The number of hydrogen-bond donors (Lipinski definition) is 0. The zero-order valence-electron chi connectivity index (χ0n) is 6.25. The molecular formula is C10H6ClS. The van der Waals surface area contributed by atoms with Crippen molar-refractivity contribution in [3.05, 3.63) is 46.1 Å². The molecule has 0 spiro atoms. The minimum atomic E-state index is 0.772. The normalized spacial score (nSPS) is 10.1. The zero-order valence-corrected chi connectivity index (χ0v) is 7.82. The van der Waals surface area contributed by atoms with Gasteiger partial charge in [-0.1, -0.05) is 23.7 Å². The van der Waals surface area contributed by atoms with Crippen LogP contribution >= 0.6 is 22.9 Å². The highest BCUT2D eigenvalue weighted by Gasteiger charge is 1.96. The monoisotopic (exact) mass is 193 g/mol. The second-order valence-electron chi connectivity index (χ2n) is 2.44. The molecule has 1 heterocycles. The predicted molar refractivity (Wildman–Crippen MR) is 53.6 cm³/mol. The van der Waals surface area contributed by atoms with Crippen LogP contribution < -0.4 is 0 Å². The highest BCUT2D eigenvalue weighted by atomic mass is 35.5. The van der Waals surface area contributed by atoms with Gasteiger partial charge in [0.2, 0.25) is 0 Å². The van der Waals surface area contributed by atoms with Gasteiger partial charge < -0.3 is 0 Å². The molecule has 2 rings (SSSR count). The lowest BCUT2D eigenvalue weighted by atomic mass is 10.1. The Balaban J connectivity index is 2.43. The van der Waals surface area contributed by atoms with Gasteiger partial charge in [-0.15, -0.1) is 11.3 Å². The molecule has 1 radical (unpaired) electrons. The molecule has 0 saturated carbocycles. The lowest BCUT2D eigenvalue weighted by Gasteiger charge is -1.95. The van der Waals surface area contributed by atoms with E-state index in [0.717, 1.165) is 10.6 Å². The molecule has 2 aromatic rings. The first-order chi connectivity index (χ1) is 5.86. The molecule has 0 aliphatic rings. The summed E-state index contributed by atoms with van der Waals surface area (Å²) in [5, 5.41) is 5.96. The summed E-state index contributed by atoms with van der Waals surface area (Å²) in [5.74, 6) is 0. The fraction of sp³-hybridized carbons (Fsp3) is 0. The number of thiophene rings is 1. The van der Waals surface area contributed by atoms with E-state index >= 15 is 0 Å². The number of hydrogen-bond acceptors (Lipinski definition) is 1. The SMILES string of the molecule is Clc1ccc(-c2[c]scc2)cc1. The summed E-state index contributed by atoms with van der Waals surface area (Å²) in [6, 6.07) is 9.83. The van der Waals surface area contributed by atoms with Gasteiger partial charge >= 0.3 is 0 Å². The van der Waals surface area contributed by atoms with Gasteiger partial charge in [0.15, 0.2) is 0 Å². The van der Waals surface area contributed by atoms with Gasteiger partial charge in [-0.05, 0) is 29.1 Å². The second kappa shape index (κ2) is 3.30. The van der Waals surface area contributed by atoms with E-state index in [1.807, 2.05) is 35.7 Å². The summed E-state index contributed by atoms with van der Waals surface area (Å²) in [5.41, 5.74) is 2.30. The van der Waals surface area contributed by atoms with Gasteiger partial charge in [-0.2, -0.15) is 0 Å². The van der Waals surface area contributed by atoms with E-state index in [1.165, 1.54) is 5.56 Å². The van der Waals surface area contributed by atoms with E-state index in [4.69, 9.17) is 11.6 Å². The molecule has 12 heavy (non-hydrogen) atoms. The van der Waals surface area contributed by atoms with Gasteiger partial charge in [-0.3, -0.25) is 0 Å². The van der Waals surface area contributed by atoms with Crippen molar-refractivity contribution in [3.8, 4) is 11.1 Å². The van der Waals surface area contributed by atoms with E-state index in [9.17, 15) is 0 Å². The summed E-state index contributed by atoms with van der Waals surface area (Å²) in [7, 11) is 0. The average molecular weight is 194 g/mol. The van der Waals surface area contributed by atoms with Crippen LogP contribution in [0.25, 0.3) is 11.1 Å². The molecule has 0 nitrogen and oxygen atoms in total. The third-order valence-corrected chi connectivity index (χ3v) is 2.49. The van der Waals surface area contributed by atoms with Crippen molar-refractivity contribution in [2.24, 2.45) is 0 Å². The number of halogens is 1. The molecule has 0 bridgehead atoms. The molecule has 0 unspecified atom stereocenters. The third kappa shape index (κ3) is 1.52. The Kier molecular flexibility index (Phi) is 2.15. The van der Waals surface area contributed by atoms with E-state index in [1.54, 1.807) is 11.3 Å². The molecule has 0 aliphatic carbocycles. The Labute approximate surface area is 80.4 Å². The summed E-state index contributed by atoms with van der Waals surface area (Å²) < 4.78 is 0. The van der Waals surface area contributed by atoms with Gasteiger partial charge in [0.05, 0.1) is 5.38 Å². The van der Waals surface area contributed by atoms with Crippen molar-refractivity contribution in [2.75, 3.05) is 0 Å². The number of rotatable bonds is 1. The minimum Gasteiger partial charge on any atom is -0.142 e. The van der Waals surface area contributed by atoms with Crippen molar-refractivity contribution in [2.45, 2.75) is 0 Å². The Morgan fingerprint density at radius 2 is 1.83 bits per heavy atom. The first kappa shape index (κ1) is 7.84. The topological polar surface area (TPSA) is 0 Å². The van der Waals surface area contributed by atoms with Crippen LogP contribution in [0.1, 0.15) is 0 Å². The standard InChI is InChI=1S/C10H6ClS/c11-10-3-1-8(2-4-10)9-5-6-12-7-9/h1-6H. The maximum absolute atomic E-state index is 5.77. The Morgan fingerprint density at radius 3 is 2.42 bits per heavy atom. The zero-order chi connectivity index (χ0) is 8.39. The first-order valence-electron chi connectivity index (χ1n) is 3.57. The van der Waals surface area contributed by atoms with Crippen molar-refractivity contribution in [1.29, 1.82) is 0 Å². The highest BCUT2D eigenvalue weighted by Crippen LogP contribution is 2.22. The van der Waals surface area contributed by atoms with Crippen LogP contribution in [0.2, 0.25) is 5.02 Å². The highest BCUT2D eigenvalue weighted by molar-refractivity contribution is 7.07. The van der Waals surface area contributed by atoms with Crippen LogP contribution in [0.4, 0.5) is 0 Å².